The largest absolute Gasteiger partial charge is 0.447 e. The molecule has 4 saturated carbocycles. The van der Waals surface area contributed by atoms with Crippen LogP contribution in [0.25, 0.3) is 10.4 Å². The van der Waals surface area contributed by atoms with Crippen molar-refractivity contribution in [2.45, 2.75) is 128 Å². The van der Waals surface area contributed by atoms with Crippen molar-refractivity contribution < 1.29 is 38.9 Å². The Hall–Kier alpha value is -3.48. The molecule has 6 rings (SSSR count). The number of β-lactam (4-membered cyclic amide) rings is 1. The first-order chi connectivity index (χ1) is 27.2. The quantitative estimate of drug-likeness (QED) is 0.0297. The number of aliphatic hydroxyl groups excluding tert-OH is 2. The molecule has 0 aromatic carbocycles. The average molecular weight is 812 g/mol. The average Bonchev–Trinajstić information content (AvgIpc) is 3.55. The molecular weight excluding hydrogens is 751 g/mol. The number of carbonyl (C=O) groups excluding carboxylic acids is 4. The van der Waals surface area contributed by atoms with Crippen molar-refractivity contribution in [2.24, 2.45) is 51.5 Å². The maximum absolute atomic E-state index is 13.6. The van der Waals surface area contributed by atoms with Crippen LogP contribution in [-0.4, -0.2) is 101 Å². The van der Waals surface area contributed by atoms with E-state index in [4.69, 9.17) is 21.4 Å². The minimum absolute atomic E-state index is 0.0617. The number of fused-ring (bicyclic) bond motifs is 6. The first kappa shape index (κ1) is 43.1. The molecule has 57 heavy (non-hydrogen) atoms. The molecule has 0 aromatic heterocycles. The predicted octanol–water partition coefficient (Wildman–Crippen LogP) is 4.59. The highest BCUT2D eigenvalue weighted by Gasteiger charge is 2.64. The molecule has 2 heterocycles. The van der Waals surface area contributed by atoms with Crippen molar-refractivity contribution in [3.8, 4) is 12.3 Å². The molecule has 5 fully saturated rings. The van der Waals surface area contributed by atoms with Gasteiger partial charge in [0.1, 0.15) is 29.9 Å². The number of carbonyl (C=O) groups is 4. The van der Waals surface area contributed by atoms with Gasteiger partial charge in [-0.25, -0.2) is 4.79 Å². The normalized spacial score (nSPS) is 36.4. The van der Waals surface area contributed by atoms with E-state index in [0.717, 1.165) is 44.9 Å². The van der Waals surface area contributed by atoms with E-state index in [1.165, 1.54) is 23.1 Å². The van der Waals surface area contributed by atoms with Gasteiger partial charge in [0, 0.05) is 23.5 Å². The molecule has 1 saturated heterocycles. The number of aliphatic hydroxyl groups is 2. The number of terminal acetylenes is 1. The number of azide groups is 1. The first-order valence-electron chi connectivity index (χ1n) is 20.8. The zero-order valence-electron chi connectivity index (χ0n) is 33.8. The number of amides is 4. The maximum atomic E-state index is 13.6. The topological polar surface area (TPSA) is 215 Å². The van der Waals surface area contributed by atoms with Crippen LogP contribution >= 0.6 is 11.8 Å². The second-order valence-corrected chi connectivity index (χ2v) is 18.9. The van der Waals surface area contributed by atoms with Crippen LogP contribution in [0.2, 0.25) is 0 Å². The van der Waals surface area contributed by atoms with Crippen LogP contribution in [0.3, 0.4) is 0 Å². The van der Waals surface area contributed by atoms with Crippen molar-refractivity contribution in [1.82, 2.24) is 20.9 Å². The van der Waals surface area contributed by atoms with E-state index >= 15 is 0 Å². The number of nitrogens with zero attached hydrogens (tertiary/aromatic N) is 4. The number of rotatable bonds is 15. The van der Waals surface area contributed by atoms with Gasteiger partial charge in [-0.15, -0.1) is 24.1 Å². The van der Waals surface area contributed by atoms with Crippen LogP contribution in [-0.2, 0) is 23.9 Å². The van der Waals surface area contributed by atoms with Gasteiger partial charge < -0.3 is 35.6 Å². The third kappa shape index (κ3) is 8.65. The zero-order chi connectivity index (χ0) is 41.1. The lowest BCUT2D eigenvalue weighted by molar-refractivity contribution is -0.175. The highest BCUT2D eigenvalue weighted by atomic mass is 32.2. The fourth-order valence-corrected chi connectivity index (χ4v) is 13.1. The molecule has 4 amide bonds. The predicted molar refractivity (Wildman–Crippen MR) is 213 cm³/mol. The Morgan fingerprint density at radius 2 is 1.89 bits per heavy atom. The zero-order valence-corrected chi connectivity index (χ0v) is 34.6. The maximum Gasteiger partial charge on any atom is 0.408 e. The van der Waals surface area contributed by atoms with Gasteiger partial charge in [-0.3, -0.25) is 19.3 Å². The summed E-state index contributed by atoms with van der Waals surface area (Å²) in [5, 5.41) is 33.4. The lowest BCUT2D eigenvalue weighted by Gasteiger charge is -2.62. The molecule has 4 aliphatic carbocycles. The Labute approximate surface area is 340 Å². The molecule has 0 aromatic rings. The molecule has 15 nitrogen and oxygen atoms in total. The molecule has 0 radical (unpaired) electrons. The van der Waals surface area contributed by atoms with E-state index in [-0.39, 0.29) is 60.6 Å². The monoisotopic (exact) mass is 811 g/mol. The number of alkyl carbamates (subject to hydrolysis) is 1. The summed E-state index contributed by atoms with van der Waals surface area (Å²) in [4.78, 5) is 57.0. The number of ether oxygens (including phenoxy) is 2. The summed E-state index contributed by atoms with van der Waals surface area (Å²) in [6, 6.07) is -0.786. The number of thioether (sulfide) groups is 1. The van der Waals surface area contributed by atoms with E-state index in [2.05, 4.69) is 52.7 Å². The molecule has 16 heteroatoms. The third-order valence-electron chi connectivity index (χ3n) is 14.8. The number of hydrogen-bond donors (Lipinski definition) is 5. The van der Waals surface area contributed by atoms with Crippen molar-refractivity contribution in [3.05, 3.63) is 21.7 Å². The standard InChI is InChI=1S/C41H61N7O8S/c1-6-7-16-55-17-18-56-39(54)45-32(21-43-47-42)44-36(52)35-24(3)22-57-38-34(37(53)48(35)38)46-33(51)13-8-23(2)28-11-12-29-27-10-9-25-19-26(49)14-15-40(25,4)30(27)20-31(50)41(28,29)5/h1,23,25-32,34,38,49-50H,7-22H2,2-5H3,(H,44,52)(H,45,54)(H,46,51)/t23-,25-,26-,27+,28-,29+,30+,31?,32?,34?,38?,40+,41-/m1/s1. The summed E-state index contributed by atoms with van der Waals surface area (Å²) in [5.41, 5.74) is 9.63. The van der Waals surface area contributed by atoms with Crippen molar-refractivity contribution in [2.75, 3.05) is 32.1 Å². The summed E-state index contributed by atoms with van der Waals surface area (Å²) in [5.74, 6) is 4.20. The lowest BCUT2D eigenvalue weighted by atomic mass is 9.43. The van der Waals surface area contributed by atoms with Gasteiger partial charge in [-0.2, -0.15) is 0 Å². The van der Waals surface area contributed by atoms with Crippen LogP contribution in [0.1, 0.15) is 98.3 Å². The molecule has 4 unspecified atom stereocenters. The molecule has 5 N–H and O–H groups in total. The van der Waals surface area contributed by atoms with E-state index in [9.17, 15) is 29.4 Å². The van der Waals surface area contributed by atoms with Crippen LogP contribution in [0.4, 0.5) is 4.79 Å². The Morgan fingerprint density at radius 1 is 1.11 bits per heavy atom. The van der Waals surface area contributed by atoms with E-state index in [0.29, 0.717) is 60.4 Å². The Bertz CT molecular complexity index is 1670. The second-order valence-electron chi connectivity index (χ2n) is 17.8. The van der Waals surface area contributed by atoms with E-state index < -0.39 is 41.6 Å². The lowest BCUT2D eigenvalue weighted by Crippen LogP contribution is -2.71. The summed E-state index contributed by atoms with van der Waals surface area (Å²) < 4.78 is 10.3. The van der Waals surface area contributed by atoms with Gasteiger partial charge >= 0.3 is 6.09 Å². The summed E-state index contributed by atoms with van der Waals surface area (Å²) in [7, 11) is 0. The molecule has 0 bridgehead atoms. The van der Waals surface area contributed by atoms with Crippen LogP contribution in [0.15, 0.2) is 16.4 Å². The fourth-order valence-electron chi connectivity index (χ4n) is 11.8. The highest BCUT2D eigenvalue weighted by Crippen LogP contribution is 2.68. The molecule has 13 atom stereocenters. The minimum Gasteiger partial charge on any atom is -0.447 e. The Morgan fingerprint density at radius 3 is 2.65 bits per heavy atom. The van der Waals surface area contributed by atoms with Gasteiger partial charge in [-0.05, 0) is 122 Å². The van der Waals surface area contributed by atoms with Gasteiger partial charge in [0.2, 0.25) is 5.91 Å². The summed E-state index contributed by atoms with van der Waals surface area (Å²) in [6.07, 6.45) is 12.0. The molecule has 2 aliphatic heterocycles. The van der Waals surface area contributed by atoms with Crippen LogP contribution < -0.4 is 16.0 Å². The number of hydrogen-bond acceptors (Lipinski definition) is 10. The van der Waals surface area contributed by atoms with Crippen molar-refractivity contribution >= 4 is 35.6 Å². The molecule has 0 spiro atoms. The third-order valence-corrected chi connectivity index (χ3v) is 16.2. The molecule has 6 aliphatic rings. The van der Waals surface area contributed by atoms with Gasteiger partial charge in [0.15, 0.2) is 0 Å². The summed E-state index contributed by atoms with van der Waals surface area (Å²) >= 11 is 1.46. The fraction of sp³-hybridized carbons (Fsp3) is 0.805. The SMILES string of the molecule is C#CCCOCCOC(=O)NC(CN=[N+]=[N-])NC(=O)C1=C(C)CSC2C(NC(=O)CC[C@@H](C)[C@H]3CC[C@H]4[C@@H]5CC[C@@H]6C[C@H](O)CC[C@]6(C)[C@H]5CC(O)[C@]34C)C(=O)N12. The van der Waals surface area contributed by atoms with Gasteiger partial charge in [0.25, 0.3) is 11.8 Å². The van der Waals surface area contributed by atoms with Crippen LogP contribution in [0, 0.1) is 58.7 Å². The van der Waals surface area contributed by atoms with E-state index in [1.807, 2.05) is 0 Å². The smallest absolute Gasteiger partial charge is 0.408 e. The first-order valence-corrected chi connectivity index (χ1v) is 21.9. The second kappa shape index (κ2) is 18.2. The van der Waals surface area contributed by atoms with Crippen molar-refractivity contribution in [3.63, 3.8) is 0 Å². The molecule has 314 valence electrons. The van der Waals surface area contributed by atoms with Gasteiger partial charge in [0.05, 0.1) is 32.0 Å². The Kier molecular flexibility index (Phi) is 13.8. The van der Waals surface area contributed by atoms with Crippen LogP contribution in [0.5, 0.6) is 0 Å². The Balaban J connectivity index is 1.000. The van der Waals surface area contributed by atoms with Crippen molar-refractivity contribution in [1.29, 1.82) is 0 Å². The minimum atomic E-state index is -1.12. The van der Waals surface area contributed by atoms with Gasteiger partial charge in [-0.1, -0.05) is 25.9 Å². The van der Waals surface area contributed by atoms with E-state index in [1.54, 1.807) is 6.92 Å². The number of nitrogens with one attached hydrogen (secondary N) is 3. The summed E-state index contributed by atoms with van der Waals surface area (Å²) in [6.45, 7) is 8.77. The highest BCUT2D eigenvalue weighted by molar-refractivity contribution is 8.00. The molecular formula is C41H61N7O8S.